The minimum atomic E-state index is 0.638. The molecule has 0 radical (unpaired) electrons. The van der Waals surface area contributed by atoms with Crippen molar-refractivity contribution in [3.63, 3.8) is 0 Å². The van der Waals surface area contributed by atoms with Gasteiger partial charge >= 0.3 is 0 Å². The second-order valence-corrected chi connectivity index (χ2v) is 6.03. The van der Waals surface area contributed by atoms with E-state index >= 15 is 0 Å². The molecule has 2 heterocycles. The lowest BCUT2D eigenvalue weighted by molar-refractivity contribution is 0.338. The van der Waals surface area contributed by atoms with Gasteiger partial charge in [-0.1, -0.05) is 35.9 Å². The van der Waals surface area contributed by atoms with Crippen molar-refractivity contribution >= 4 is 5.82 Å². The summed E-state index contributed by atoms with van der Waals surface area (Å²) >= 11 is 0. The van der Waals surface area contributed by atoms with E-state index in [1.54, 1.807) is 0 Å². The number of anilines is 1. The first kappa shape index (κ1) is 14.8. The molecule has 4 heteroatoms. The summed E-state index contributed by atoms with van der Waals surface area (Å²) in [7, 11) is 0. The number of rotatable bonds is 4. The van der Waals surface area contributed by atoms with E-state index in [1.807, 2.05) is 29.8 Å². The molecule has 1 aliphatic rings. The quantitative estimate of drug-likeness (QED) is 0.783. The smallest absolute Gasteiger partial charge is 0.145 e. The number of aromatic nitrogens is 2. The van der Waals surface area contributed by atoms with E-state index < -0.39 is 0 Å². The Hall–Kier alpha value is -2.75. The van der Waals surface area contributed by atoms with Crippen LogP contribution in [0.2, 0.25) is 0 Å². The van der Waals surface area contributed by atoms with Gasteiger partial charge in [0.15, 0.2) is 0 Å². The van der Waals surface area contributed by atoms with Crippen molar-refractivity contribution in [1.29, 1.82) is 0 Å². The van der Waals surface area contributed by atoms with Crippen LogP contribution in [0.4, 0.5) is 5.82 Å². The van der Waals surface area contributed by atoms with E-state index in [4.69, 9.17) is 9.84 Å². The minimum Gasteiger partial charge on any atom is -0.492 e. The summed E-state index contributed by atoms with van der Waals surface area (Å²) in [5, 5.41) is 8.42. The SMILES string of the molecule is CCOc1ccccc1-n1nc(-c2cccc(C)c2)c2c1NCC2. The molecule has 4 nitrogen and oxygen atoms in total. The number of fused-ring (bicyclic) bond motifs is 1. The van der Waals surface area contributed by atoms with Gasteiger partial charge in [0, 0.05) is 17.7 Å². The molecule has 0 amide bonds. The van der Waals surface area contributed by atoms with Crippen molar-refractivity contribution in [2.75, 3.05) is 18.5 Å². The normalized spacial score (nSPS) is 12.8. The third-order valence-corrected chi connectivity index (χ3v) is 4.34. The molecule has 1 aromatic heterocycles. The first-order valence-electron chi connectivity index (χ1n) is 8.43. The highest BCUT2D eigenvalue weighted by Gasteiger charge is 2.25. The van der Waals surface area contributed by atoms with Crippen LogP contribution in [0.15, 0.2) is 48.5 Å². The molecule has 0 atom stereocenters. The largest absolute Gasteiger partial charge is 0.492 e. The van der Waals surface area contributed by atoms with Gasteiger partial charge in [0.25, 0.3) is 0 Å². The van der Waals surface area contributed by atoms with Gasteiger partial charge in [0.1, 0.15) is 17.3 Å². The molecule has 4 rings (SSSR count). The third-order valence-electron chi connectivity index (χ3n) is 4.34. The summed E-state index contributed by atoms with van der Waals surface area (Å²) in [5.74, 6) is 1.94. The molecular formula is C20H21N3O. The van der Waals surface area contributed by atoms with Crippen molar-refractivity contribution in [2.45, 2.75) is 20.3 Å². The summed E-state index contributed by atoms with van der Waals surface area (Å²) in [6.45, 7) is 5.70. The second kappa shape index (κ2) is 6.04. The Morgan fingerprint density at radius 2 is 2.04 bits per heavy atom. The number of benzene rings is 2. The Labute approximate surface area is 142 Å². The average molecular weight is 319 g/mol. The Bertz CT molecular complexity index is 882. The Kier molecular flexibility index (Phi) is 3.73. The zero-order valence-corrected chi connectivity index (χ0v) is 14.0. The molecule has 0 unspecified atom stereocenters. The molecule has 3 aromatic rings. The molecule has 0 saturated heterocycles. The summed E-state index contributed by atoms with van der Waals surface area (Å²) in [4.78, 5) is 0. The van der Waals surface area contributed by atoms with Gasteiger partial charge in [0.2, 0.25) is 0 Å². The predicted molar refractivity (Wildman–Crippen MR) is 97.1 cm³/mol. The molecule has 0 saturated carbocycles. The Morgan fingerprint density at radius 1 is 1.17 bits per heavy atom. The van der Waals surface area contributed by atoms with Crippen molar-refractivity contribution in [3.8, 4) is 22.7 Å². The lowest BCUT2D eigenvalue weighted by Crippen LogP contribution is -2.06. The van der Waals surface area contributed by atoms with Crippen molar-refractivity contribution in [1.82, 2.24) is 9.78 Å². The summed E-state index contributed by atoms with van der Waals surface area (Å²) in [5.41, 5.74) is 5.74. The van der Waals surface area contributed by atoms with Crippen LogP contribution in [0.25, 0.3) is 16.9 Å². The minimum absolute atomic E-state index is 0.638. The zero-order chi connectivity index (χ0) is 16.5. The maximum atomic E-state index is 5.80. The molecule has 122 valence electrons. The first-order chi connectivity index (χ1) is 11.8. The summed E-state index contributed by atoms with van der Waals surface area (Å²) < 4.78 is 7.79. The number of nitrogens with one attached hydrogen (secondary N) is 1. The highest BCUT2D eigenvalue weighted by atomic mass is 16.5. The molecule has 24 heavy (non-hydrogen) atoms. The van der Waals surface area contributed by atoms with Gasteiger partial charge in [-0.2, -0.15) is 5.10 Å². The number of nitrogens with zero attached hydrogens (tertiary/aromatic N) is 2. The molecule has 0 aliphatic carbocycles. The van der Waals surface area contributed by atoms with Gasteiger partial charge in [0.05, 0.1) is 12.3 Å². The van der Waals surface area contributed by atoms with Crippen LogP contribution >= 0.6 is 0 Å². The number of para-hydroxylation sites is 2. The maximum absolute atomic E-state index is 5.80. The molecule has 1 aliphatic heterocycles. The van der Waals surface area contributed by atoms with E-state index in [0.717, 1.165) is 35.9 Å². The highest BCUT2D eigenvalue weighted by Crippen LogP contribution is 2.36. The van der Waals surface area contributed by atoms with Gasteiger partial charge in [-0.15, -0.1) is 0 Å². The van der Waals surface area contributed by atoms with Crippen molar-refractivity contribution < 1.29 is 4.74 Å². The number of hydrogen-bond donors (Lipinski definition) is 1. The molecular weight excluding hydrogens is 298 g/mol. The van der Waals surface area contributed by atoms with Crippen LogP contribution < -0.4 is 10.1 Å². The first-order valence-corrected chi connectivity index (χ1v) is 8.43. The van der Waals surface area contributed by atoms with E-state index in [2.05, 4.69) is 42.6 Å². The molecule has 2 aromatic carbocycles. The number of hydrogen-bond acceptors (Lipinski definition) is 3. The van der Waals surface area contributed by atoms with Crippen LogP contribution in [-0.4, -0.2) is 22.9 Å². The third kappa shape index (κ3) is 2.44. The van der Waals surface area contributed by atoms with E-state index in [0.29, 0.717) is 6.61 Å². The fourth-order valence-corrected chi connectivity index (χ4v) is 3.28. The highest BCUT2D eigenvalue weighted by molar-refractivity contribution is 5.73. The maximum Gasteiger partial charge on any atom is 0.145 e. The standard InChI is InChI=1S/C20H21N3O/c1-3-24-18-10-5-4-9-17(18)23-20-16(11-12-21-20)19(22-23)15-8-6-7-14(2)13-15/h4-10,13,21H,3,11-12H2,1-2H3. The van der Waals surface area contributed by atoms with Crippen LogP contribution in [0.3, 0.4) is 0 Å². The van der Waals surface area contributed by atoms with Crippen LogP contribution in [0.1, 0.15) is 18.1 Å². The van der Waals surface area contributed by atoms with Crippen molar-refractivity contribution in [3.05, 3.63) is 59.7 Å². The summed E-state index contributed by atoms with van der Waals surface area (Å²) in [6.07, 6.45) is 0.995. The fourth-order valence-electron chi connectivity index (χ4n) is 3.28. The topological polar surface area (TPSA) is 39.1 Å². The van der Waals surface area contributed by atoms with Gasteiger partial charge < -0.3 is 10.1 Å². The summed E-state index contributed by atoms with van der Waals surface area (Å²) in [6, 6.07) is 16.6. The van der Waals surface area contributed by atoms with Crippen LogP contribution in [0.5, 0.6) is 5.75 Å². The number of aryl methyl sites for hydroxylation is 1. The van der Waals surface area contributed by atoms with Crippen LogP contribution in [0, 0.1) is 6.92 Å². The van der Waals surface area contributed by atoms with Crippen molar-refractivity contribution in [2.24, 2.45) is 0 Å². The van der Waals surface area contributed by atoms with Gasteiger partial charge in [-0.25, -0.2) is 4.68 Å². The number of ether oxygens (including phenoxy) is 1. The molecule has 0 fully saturated rings. The fraction of sp³-hybridized carbons (Fsp3) is 0.250. The predicted octanol–water partition coefficient (Wildman–Crippen LogP) is 4.21. The zero-order valence-electron chi connectivity index (χ0n) is 14.0. The van der Waals surface area contributed by atoms with E-state index in [1.165, 1.54) is 16.7 Å². The van der Waals surface area contributed by atoms with E-state index in [9.17, 15) is 0 Å². The Balaban J connectivity index is 1.88. The molecule has 0 spiro atoms. The molecule has 0 bridgehead atoms. The van der Waals surface area contributed by atoms with Crippen LogP contribution in [-0.2, 0) is 6.42 Å². The van der Waals surface area contributed by atoms with Gasteiger partial charge in [-0.3, -0.25) is 0 Å². The lowest BCUT2D eigenvalue weighted by Gasteiger charge is -2.12. The lowest BCUT2D eigenvalue weighted by atomic mass is 10.0. The second-order valence-electron chi connectivity index (χ2n) is 6.03. The monoisotopic (exact) mass is 319 g/mol. The Morgan fingerprint density at radius 3 is 2.88 bits per heavy atom. The van der Waals surface area contributed by atoms with E-state index in [-0.39, 0.29) is 0 Å². The van der Waals surface area contributed by atoms with Gasteiger partial charge in [-0.05, 0) is 38.5 Å². The average Bonchev–Trinajstić information content (AvgIpc) is 3.18. The molecule has 1 N–H and O–H groups in total.